The van der Waals surface area contributed by atoms with Gasteiger partial charge in [0, 0.05) is 38.3 Å². The highest BCUT2D eigenvalue weighted by molar-refractivity contribution is 6.00. The van der Waals surface area contributed by atoms with Crippen LogP contribution in [0.2, 0.25) is 0 Å². The van der Waals surface area contributed by atoms with E-state index in [1.165, 1.54) is 28.4 Å². The van der Waals surface area contributed by atoms with Gasteiger partial charge in [0.2, 0.25) is 0 Å². The molecule has 11 heteroatoms. The SMILES string of the molecule is COC(=O)C1=CN(C)[C@H]2[C@@](C(=O)OC)(C1c1ccccc1)[C@H]1N(C)C=C(C(=O)OC)C(c3ccc(OC)cc3)[C@]12C(=O)OC. The van der Waals surface area contributed by atoms with E-state index in [9.17, 15) is 19.2 Å². The van der Waals surface area contributed by atoms with Crippen LogP contribution in [-0.4, -0.2) is 95.4 Å². The van der Waals surface area contributed by atoms with Gasteiger partial charge in [-0.3, -0.25) is 9.59 Å². The van der Waals surface area contributed by atoms with E-state index < -0.39 is 58.6 Å². The van der Waals surface area contributed by atoms with Gasteiger partial charge in [0.05, 0.1) is 58.8 Å². The largest absolute Gasteiger partial charge is 0.497 e. The summed E-state index contributed by atoms with van der Waals surface area (Å²) in [7, 11) is 10.0. The average Bonchev–Trinajstić information content (AvgIpc) is 3.04. The second-order valence-corrected chi connectivity index (χ2v) is 11.2. The number of ether oxygens (including phenoxy) is 5. The van der Waals surface area contributed by atoms with Crippen LogP contribution < -0.4 is 4.74 Å². The van der Waals surface area contributed by atoms with E-state index in [0.29, 0.717) is 16.9 Å². The average molecular weight is 605 g/mol. The van der Waals surface area contributed by atoms with Crippen molar-refractivity contribution in [2.45, 2.75) is 23.9 Å². The number of esters is 4. The zero-order valence-electron chi connectivity index (χ0n) is 25.7. The van der Waals surface area contributed by atoms with Crippen LogP contribution in [0.3, 0.4) is 0 Å². The Hall–Kier alpha value is -4.80. The summed E-state index contributed by atoms with van der Waals surface area (Å²) >= 11 is 0. The van der Waals surface area contributed by atoms with E-state index in [1.807, 2.05) is 30.3 Å². The molecule has 6 atom stereocenters. The molecule has 2 aromatic carbocycles. The summed E-state index contributed by atoms with van der Waals surface area (Å²) in [4.78, 5) is 59.2. The minimum Gasteiger partial charge on any atom is -0.497 e. The third-order valence-electron chi connectivity index (χ3n) is 9.39. The van der Waals surface area contributed by atoms with Crippen molar-refractivity contribution in [2.75, 3.05) is 49.6 Å². The fourth-order valence-corrected chi connectivity index (χ4v) is 8.19. The molecular weight excluding hydrogens is 568 g/mol. The third kappa shape index (κ3) is 3.94. The number of nitrogens with zero attached hydrogens (tertiary/aromatic N) is 2. The highest BCUT2D eigenvalue weighted by Crippen LogP contribution is 2.74. The molecule has 2 heterocycles. The number of rotatable bonds is 7. The first-order chi connectivity index (χ1) is 21.1. The predicted octanol–water partition coefficient (Wildman–Crippen LogP) is 2.64. The van der Waals surface area contributed by atoms with Gasteiger partial charge in [-0.05, 0) is 23.3 Å². The normalized spacial score (nSPS) is 28.6. The van der Waals surface area contributed by atoms with Crippen molar-refractivity contribution in [3.05, 3.63) is 89.3 Å². The molecule has 2 aliphatic heterocycles. The summed E-state index contributed by atoms with van der Waals surface area (Å²) in [5, 5.41) is 0. The fourth-order valence-electron chi connectivity index (χ4n) is 8.19. The van der Waals surface area contributed by atoms with E-state index in [4.69, 9.17) is 23.7 Å². The highest BCUT2D eigenvalue weighted by Gasteiger charge is 2.87. The topological polar surface area (TPSA) is 121 Å². The van der Waals surface area contributed by atoms with Gasteiger partial charge in [0.1, 0.15) is 16.6 Å². The summed E-state index contributed by atoms with van der Waals surface area (Å²) in [5.74, 6) is -3.77. The number of carbonyl (C=O) groups excluding carboxylic acids is 4. The molecule has 0 aromatic heterocycles. The molecule has 232 valence electrons. The Bertz CT molecular complexity index is 1530. The molecule has 2 aromatic rings. The van der Waals surface area contributed by atoms with Crippen LogP contribution in [0.25, 0.3) is 0 Å². The molecule has 0 amide bonds. The van der Waals surface area contributed by atoms with Gasteiger partial charge < -0.3 is 33.5 Å². The van der Waals surface area contributed by atoms with Crippen LogP contribution in [0.15, 0.2) is 78.1 Å². The van der Waals surface area contributed by atoms with Crippen molar-refractivity contribution >= 4 is 23.9 Å². The van der Waals surface area contributed by atoms with Crippen molar-refractivity contribution < 1.29 is 42.9 Å². The van der Waals surface area contributed by atoms with E-state index in [0.717, 1.165) is 0 Å². The Morgan fingerprint density at radius 1 is 0.591 bits per heavy atom. The minimum atomic E-state index is -1.56. The van der Waals surface area contributed by atoms with Crippen molar-refractivity contribution in [2.24, 2.45) is 10.8 Å². The lowest BCUT2D eigenvalue weighted by atomic mass is 9.34. The number of fused-ring (bicyclic) bond motifs is 4. The Morgan fingerprint density at radius 3 is 1.36 bits per heavy atom. The van der Waals surface area contributed by atoms with Crippen LogP contribution in [0.5, 0.6) is 5.75 Å². The summed E-state index contributed by atoms with van der Waals surface area (Å²) < 4.78 is 26.9. The summed E-state index contributed by atoms with van der Waals surface area (Å²) in [6.45, 7) is 0. The van der Waals surface area contributed by atoms with Crippen molar-refractivity contribution in [3.8, 4) is 5.75 Å². The second-order valence-electron chi connectivity index (χ2n) is 11.2. The van der Waals surface area contributed by atoms with Crippen molar-refractivity contribution in [1.29, 1.82) is 0 Å². The Morgan fingerprint density at radius 2 is 1.00 bits per heavy atom. The zero-order chi connectivity index (χ0) is 32.0. The molecule has 44 heavy (non-hydrogen) atoms. The van der Waals surface area contributed by atoms with Gasteiger partial charge in [-0.1, -0.05) is 42.5 Å². The molecule has 1 aliphatic carbocycles. The number of carbonyl (C=O) groups is 4. The number of hydrogen-bond donors (Lipinski definition) is 0. The third-order valence-corrected chi connectivity index (χ3v) is 9.39. The van der Waals surface area contributed by atoms with E-state index >= 15 is 0 Å². The van der Waals surface area contributed by atoms with Gasteiger partial charge >= 0.3 is 23.9 Å². The maximum atomic E-state index is 14.5. The first kappa shape index (κ1) is 30.7. The maximum Gasteiger partial charge on any atom is 0.335 e. The van der Waals surface area contributed by atoms with E-state index in [2.05, 4.69) is 0 Å². The monoisotopic (exact) mass is 604 g/mol. The standard InChI is InChI=1S/C33H36N2O9/c1-34-17-22(26(36)41-4)24(19-11-9-8-10-12-19)32(30(38)43-6)28(34)33(31(39)44-7)25(20-13-15-21(40-3)16-14-20)23(27(37)42-5)18-35(2)29(32)33/h8-18,24-25,28-29H,1-7H3/t24?,25?,28-,29+,32-,33+/m0/s1. The number of benzene rings is 2. The van der Waals surface area contributed by atoms with E-state index in [1.54, 1.807) is 67.7 Å². The van der Waals surface area contributed by atoms with Crippen molar-refractivity contribution in [1.82, 2.24) is 9.80 Å². The van der Waals surface area contributed by atoms with Gasteiger partial charge in [-0.25, -0.2) is 9.59 Å². The summed E-state index contributed by atoms with van der Waals surface area (Å²) in [6, 6.07) is 14.2. The second kappa shape index (κ2) is 11.4. The molecule has 1 fully saturated rings. The Kier molecular flexibility index (Phi) is 7.92. The van der Waals surface area contributed by atoms with Crippen LogP contribution >= 0.6 is 0 Å². The van der Waals surface area contributed by atoms with Crippen LogP contribution in [0.4, 0.5) is 0 Å². The molecule has 0 bridgehead atoms. The molecule has 0 N–H and O–H groups in total. The molecular formula is C33H36N2O9. The van der Waals surface area contributed by atoms with Crippen LogP contribution in [-0.2, 0) is 38.1 Å². The molecule has 2 unspecified atom stereocenters. The molecule has 5 rings (SSSR count). The predicted molar refractivity (Wildman–Crippen MR) is 157 cm³/mol. The molecule has 3 aliphatic rings. The number of methoxy groups -OCH3 is 5. The Labute approximate surface area is 255 Å². The first-order valence-electron chi connectivity index (χ1n) is 14.0. The van der Waals surface area contributed by atoms with E-state index in [-0.39, 0.29) is 11.1 Å². The van der Waals surface area contributed by atoms with Gasteiger partial charge in [-0.2, -0.15) is 0 Å². The molecule has 11 nitrogen and oxygen atoms in total. The first-order valence-corrected chi connectivity index (χ1v) is 14.0. The minimum absolute atomic E-state index is 0.202. The molecule has 0 radical (unpaired) electrons. The summed E-state index contributed by atoms with van der Waals surface area (Å²) in [5.41, 5.74) is -1.43. The molecule has 0 saturated heterocycles. The van der Waals surface area contributed by atoms with Gasteiger partial charge in [0.25, 0.3) is 0 Å². The van der Waals surface area contributed by atoms with Gasteiger partial charge in [0.15, 0.2) is 0 Å². The summed E-state index contributed by atoms with van der Waals surface area (Å²) in [6.07, 6.45) is 3.21. The highest BCUT2D eigenvalue weighted by atomic mass is 16.5. The maximum absolute atomic E-state index is 14.5. The van der Waals surface area contributed by atoms with Crippen LogP contribution in [0.1, 0.15) is 23.0 Å². The quantitative estimate of drug-likeness (QED) is 0.343. The Balaban J connectivity index is 1.92. The zero-order valence-corrected chi connectivity index (χ0v) is 25.7. The fraction of sp³-hybridized carbons (Fsp3) is 0.394. The number of hydrogen-bond acceptors (Lipinski definition) is 11. The lowest BCUT2D eigenvalue weighted by Gasteiger charge is -2.74. The lowest BCUT2D eigenvalue weighted by Crippen LogP contribution is -2.88. The van der Waals surface area contributed by atoms with Gasteiger partial charge in [-0.15, -0.1) is 0 Å². The smallest absolute Gasteiger partial charge is 0.335 e. The molecule has 1 saturated carbocycles. The molecule has 0 spiro atoms. The van der Waals surface area contributed by atoms with Crippen molar-refractivity contribution in [3.63, 3.8) is 0 Å². The van der Waals surface area contributed by atoms with Crippen LogP contribution in [0, 0.1) is 10.8 Å². The lowest BCUT2D eigenvalue weighted by molar-refractivity contribution is -0.243.